The molecule has 2 aromatic rings. The summed E-state index contributed by atoms with van der Waals surface area (Å²) in [6.07, 6.45) is 0. The molecule has 0 bridgehead atoms. The summed E-state index contributed by atoms with van der Waals surface area (Å²) in [7, 11) is 0. The Bertz CT molecular complexity index is 605. The van der Waals surface area contributed by atoms with Gasteiger partial charge in [0.05, 0.1) is 18.2 Å². The van der Waals surface area contributed by atoms with Crippen molar-refractivity contribution in [2.75, 3.05) is 0 Å². The molecule has 0 fully saturated rings. The lowest BCUT2D eigenvalue weighted by atomic mass is 10.2. The summed E-state index contributed by atoms with van der Waals surface area (Å²) >= 11 is 5.96. The van der Waals surface area contributed by atoms with Crippen molar-refractivity contribution in [3.8, 4) is 17.6 Å². The van der Waals surface area contributed by atoms with E-state index in [1.165, 1.54) is 0 Å². The molecular weight excluding hydrogens is 250 g/mol. The lowest BCUT2D eigenvalue weighted by molar-refractivity contribution is 0.276. The Morgan fingerprint density at radius 3 is 2.72 bits per heavy atom. The molecule has 0 aliphatic heterocycles. The van der Waals surface area contributed by atoms with E-state index >= 15 is 0 Å². The van der Waals surface area contributed by atoms with Crippen LogP contribution in [0.1, 0.15) is 11.1 Å². The van der Waals surface area contributed by atoms with E-state index < -0.39 is 0 Å². The van der Waals surface area contributed by atoms with E-state index in [-0.39, 0.29) is 6.61 Å². The lowest BCUT2D eigenvalue weighted by Gasteiger charge is -2.10. The van der Waals surface area contributed by atoms with Crippen LogP contribution < -0.4 is 4.74 Å². The van der Waals surface area contributed by atoms with Gasteiger partial charge in [-0.2, -0.15) is 5.26 Å². The Balaban J connectivity index is 2.34. The van der Waals surface area contributed by atoms with Crippen molar-refractivity contribution < 1.29 is 9.84 Å². The number of benzene rings is 2. The highest BCUT2D eigenvalue weighted by atomic mass is 35.5. The maximum absolute atomic E-state index is 9.26. The smallest absolute Gasteiger partial charge is 0.134 e. The molecule has 0 aromatic heterocycles. The van der Waals surface area contributed by atoms with Gasteiger partial charge in [-0.1, -0.05) is 23.7 Å². The second-order valence-electron chi connectivity index (χ2n) is 3.62. The SMILES string of the molecule is N#Cc1cccc(Oc2cccc(Cl)c2CO)c1. The highest BCUT2D eigenvalue weighted by Gasteiger charge is 2.08. The van der Waals surface area contributed by atoms with Crippen LogP contribution in [0.4, 0.5) is 0 Å². The van der Waals surface area contributed by atoms with E-state index in [2.05, 4.69) is 0 Å². The maximum Gasteiger partial charge on any atom is 0.134 e. The molecule has 1 N–H and O–H groups in total. The molecule has 0 unspecified atom stereocenters. The van der Waals surface area contributed by atoms with Gasteiger partial charge < -0.3 is 9.84 Å². The summed E-state index contributed by atoms with van der Waals surface area (Å²) in [5.74, 6) is 1.02. The van der Waals surface area contributed by atoms with Gasteiger partial charge in [0.15, 0.2) is 0 Å². The van der Waals surface area contributed by atoms with Gasteiger partial charge in [0.25, 0.3) is 0 Å². The van der Waals surface area contributed by atoms with Gasteiger partial charge in [-0.05, 0) is 30.3 Å². The lowest BCUT2D eigenvalue weighted by Crippen LogP contribution is -1.93. The average Bonchev–Trinajstić information content (AvgIpc) is 2.39. The minimum atomic E-state index is -0.201. The molecule has 0 aliphatic carbocycles. The Kier molecular flexibility index (Phi) is 3.83. The van der Waals surface area contributed by atoms with E-state index in [9.17, 15) is 5.11 Å². The third-order valence-electron chi connectivity index (χ3n) is 2.42. The van der Waals surface area contributed by atoms with Gasteiger partial charge >= 0.3 is 0 Å². The second-order valence-corrected chi connectivity index (χ2v) is 4.02. The molecule has 0 heterocycles. The molecular formula is C14H10ClNO2. The fourth-order valence-corrected chi connectivity index (χ4v) is 1.77. The molecule has 0 saturated heterocycles. The van der Waals surface area contributed by atoms with Crippen LogP contribution in [-0.4, -0.2) is 5.11 Å². The van der Waals surface area contributed by atoms with Crippen molar-refractivity contribution in [2.24, 2.45) is 0 Å². The largest absolute Gasteiger partial charge is 0.457 e. The molecule has 0 radical (unpaired) electrons. The predicted octanol–water partition coefficient (Wildman–Crippen LogP) is 3.50. The Labute approximate surface area is 110 Å². The number of aliphatic hydroxyl groups excluding tert-OH is 1. The van der Waals surface area contributed by atoms with Crippen molar-refractivity contribution in [3.63, 3.8) is 0 Å². The fraction of sp³-hybridized carbons (Fsp3) is 0.0714. The summed E-state index contributed by atoms with van der Waals surface area (Å²) in [4.78, 5) is 0. The van der Waals surface area contributed by atoms with Crippen molar-refractivity contribution in [1.29, 1.82) is 5.26 Å². The predicted molar refractivity (Wildman–Crippen MR) is 68.6 cm³/mol. The molecule has 90 valence electrons. The summed E-state index contributed by atoms with van der Waals surface area (Å²) in [5.41, 5.74) is 1.04. The quantitative estimate of drug-likeness (QED) is 0.918. The molecule has 0 atom stereocenters. The number of rotatable bonds is 3. The van der Waals surface area contributed by atoms with Gasteiger partial charge in [0.2, 0.25) is 0 Å². The van der Waals surface area contributed by atoms with Crippen LogP contribution in [0.25, 0.3) is 0 Å². The van der Waals surface area contributed by atoms with Crippen molar-refractivity contribution in [2.45, 2.75) is 6.61 Å². The van der Waals surface area contributed by atoms with E-state index in [0.29, 0.717) is 27.6 Å². The monoisotopic (exact) mass is 259 g/mol. The number of ether oxygens (including phenoxy) is 1. The first-order valence-electron chi connectivity index (χ1n) is 5.31. The number of aliphatic hydroxyl groups is 1. The summed E-state index contributed by atoms with van der Waals surface area (Å²) in [6, 6.07) is 14.0. The normalized spacial score (nSPS) is 9.83. The third-order valence-corrected chi connectivity index (χ3v) is 2.78. The Morgan fingerprint density at radius 2 is 2.00 bits per heavy atom. The first-order chi connectivity index (χ1) is 8.74. The van der Waals surface area contributed by atoms with Gasteiger partial charge in [0.1, 0.15) is 11.5 Å². The van der Waals surface area contributed by atoms with Gasteiger partial charge in [-0.15, -0.1) is 0 Å². The summed E-state index contributed by atoms with van der Waals surface area (Å²) in [6.45, 7) is -0.201. The zero-order chi connectivity index (χ0) is 13.0. The second kappa shape index (κ2) is 5.54. The fourth-order valence-electron chi connectivity index (χ4n) is 1.54. The highest BCUT2D eigenvalue weighted by Crippen LogP contribution is 2.30. The van der Waals surface area contributed by atoms with Crippen molar-refractivity contribution in [3.05, 3.63) is 58.6 Å². The average molecular weight is 260 g/mol. The summed E-state index contributed by atoms with van der Waals surface area (Å²) < 4.78 is 5.63. The van der Waals surface area contributed by atoms with E-state index in [0.717, 1.165) is 0 Å². The van der Waals surface area contributed by atoms with Crippen molar-refractivity contribution >= 4 is 11.6 Å². The minimum Gasteiger partial charge on any atom is -0.457 e. The van der Waals surface area contributed by atoms with Gasteiger partial charge in [-0.25, -0.2) is 0 Å². The molecule has 0 saturated carbocycles. The van der Waals surface area contributed by atoms with Crippen LogP contribution in [0.2, 0.25) is 5.02 Å². The van der Waals surface area contributed by atoms with Crippen molar-refractivity contribution in [1.82, 2.24) is 0 Å². The topological polar surface area (TPSA) is 53.2 Å². The number of hydrogen-bond acceptors (Lipinski definition) is 3. The highest BCUT2D eigenvalue weighted by molar-refractivity contribution is 6.31. The number of nitrogens with zero attached hydrogens (tertiary/aromatic N) is 1. The van der Waals surface area contributed by atoms with E-state index in [4.69, 9.17) is 21.6 Å². The van der Waals surface area contributed by atoms with E-state index in [1.54, 1.807) is 42.5 Å². The molecule has 0 amide bonds. The molecule has 2 rings (SSSR count). The molecule has 4 heteroatoms. The first-order valence-corrected chi connectivity index (χ1v) is 5.68. The Morgan fingerprint density at radius 1 is 1.22 bits per heavy atom. The molecule has 0 aliphatic rings. The first kappa shape index (κ1) is 12.4. The molecule has 3 nitrogen and oxygen atoms in total. The summed E-state index contributed by atoms with van der Waals surface area (Å²) in [5, 5.41) is 18.5. The zero-order valence-electron chi connectivity index (χ0n) is 9.43. The number of nitriles is 1. The van der Waals surface area contributed by atoms with Gasteiger partial charge in [-0.3, -0.25) is 0 Å². The van der Waals surface area contributed by atoms with Crippen LogP contribution in [0.3, 0.4) is 0 Å². The standard InChI is InChI=1S/C14H10ClNO2/c15-13-5-2-6-14(12(13)9-17)18-11-4-1-3-10(7-11)8-16/h1-7,17H,9H2. The van der Waals surface area contributed by atoms with Crippen LogP contribution in [0.15, 0.2) is 42.5 Å². The van der Waals surface area contributed by atoms with Crippen LogP contribution in [0.5, 0.6) is 11.5 Å². The molecule has 18 heavy (non-hydrogen) atoms. The van der Waals surface area contributed by atoms with E-state index in [1.807, 2.05) is 6.07 Å². The molecule has 0 spiro atoms. The maximum atomic E-state index is 9.26. The number of halogens is 1. The Hall–Kier alpha value is -2.02. The molecule has 2 aromatic carbocycles. The van der Waals surface area contributed by atoms with Crippen LogP contribution >= 0.6 is 11.6 Å². The minimum absolute atomic E-state index is 0.201. The zero-order valence-corrected chi connectivity index (χ0v) is 10.2. The third kappa shape index (κ3) is 2.62. The number of hydrogen-bond donors (Lipinski definition) is 1. The van der Waals surface area contributed by atoms with Crippen LogP contribution in [-0.2, 0) is 6.61 Å². The van der Waals surface area contributed by atoms with Crippen LogP contribution in [0, 0.1) is 11.3 Å². The van der Waals surface area contributed by atoms with Gasteiger partial charge in [0, 0.05) is 10.6 Å².